The summed E-state index contributed by atoms with van der Waals surface area (Å²) < 4.78 is 2.10. The van der Waals surface area contributed by atoms with Gasteiger partial charge in [0.1, 0.15) is 23.4 Å². The second-order valence-electron chi connectivity index (χ2n) is 5.24. The first-order valence-electron chi connectivity index (χ1n) is 7.48. The molecule has 0 atom stereocenters. The van der Waals surface area contributed by atoms with Gasteiger partial charge in [0.05, 0.1) is 0 Å². The number of nitrogens with zero attached hydrogens (tertiary/aromatic N) is 4. The minimum Gasteiger partial charge on any atom is -0.327 e. The van der Waals surface area contributed by atoms with Crippen LogP contribution in [0.1, 0.15) is 11.1 Å². The number of pyridine rings is 1. The van der Waals surface area contributed by atoms with Gasteiger partial charge in [-0.25, -0.2) is 4.98 Å². The van der Waals surface area contributed by atoms with Crippen LogP contribution in [0.3, 0.4) is 0 Å². The van der Waals surface area contributed by atoms with Crippen molar-refractivity contribution in [2.24, 2.45) is 0 Å². The number of rotatable bonds is 4. The molecule has 0 unspecified atom stereocenters. The second-order valence-corrected chi connectivity index (χ2v) is 5.24. The fourth-order valence-electron chi connectivity index (χ4n) is 2.53. The summed E-state index contributed by atoms with van der Waals surface area (Å²) in [6, 6.07) is 17.8. The van der Waals surface area contributed by atoms with Gasteiger partial charge in [0.2, 0.25) is 0 Å². The molecule has 1 aromatic carbocycles. The number of hydrogen-bond donors (Lipinski definition) is 0. The number of allylic oxidation sites excluding steroid dienone is 3. The van der Waals surface area contributed by atoms with Crippen LogP contribution in [0.5, 0.6) is 0 Å². The highest BCUT2D eigenvalue weighted by Crippen LogP contribution is 2.22. The lowest BCUT2D eigenvalue weighted by molar-refractivity contribution is 0.824. The third-order valence-electron chi connectivity index (χ3n) is 3.64. The summed E-state index contributed by atoms with van der Waals surface area (Å²) in [5.74, 6) is 0. The van der Waals surface area contributed by atoms with E-state index in [1.54, 1.807) is 12.3 Å². The molecule has 0 radical (unpaired) electrons. The Morgan fingerprint density at radius 3 is 2.62 bits per heavy atom. The third-order valence-corrected chi connectivity index (χ3v) is 3.64. The van der Waals surface area contributed by atoms with Crippen molar-refractivity contribution < 1.29 is 0 Å². The SMILES string of the molecule is N#CC(C#N)=C/C=C/c1cn(Cc2ccccc2)c2ncccc12. The molecule has 0 N–H and O–H groups in total. The van der Waals surface area contributed by atoms with E-state index in [1.165, 1.54) is 11.6 Å². The van der Waals surface area contributed by atoms with Gasteiger partial charge in [-0.2, -0.15) is 10.5 Å². The Morgan fingerprint density at radius 2 is 1.88 bits per heavy atom. The van der Waals surface area contributed by atoms with Gasteiger partial charge >= 0.3 is 0 Å². The van der Waals surface area contributed by atoms with Crippen LogP contribution in [0.25, 0.3) is 17.1 Å². The van der Waals surface area contributed by atoms with Crippen LogP contribution < -0.4 is 0 Å². The van der Waals surface area contributed by atoms with E-state index in [4.69, 9.17) is 10.5 Å². The van der Waals surface area contributed by atoms with Crippen molar-refractivity contribution >= 4 is 17.1 Å². The van der Waals surface area contributed by atoms with E-state index in [0.29, 0.717) is 0 Å². The maximum Gasteiger partial charge on any atom is 0.140 e. The molecule has 0 aliphatic heterocycles. The van der Waals surface area contributed by atoms with Crippen molar-refractivity contribution in [2.75, 3.05) is 0 Å². The molecule has 114 valence electrons. The summed E-state index contributed by atoms with van der Waals surface area (Å²) in [6.45, 7) is 0.736. The monoisotopic (exact) mass is 310 g/mol. The van der Waals surface area contributed by atoms with Gasteiger partial charge in [-0.15, -0.1) is 0 Å². The molecule has 4 nitrogen and oxygen atoms in total. The van der Waals surface area contributed by atoms with Gasteiger partial charge in [-0.05, 0) is 23.8 Å². The normalized spacial score (nSPS) is 10.4. The van der Waals surface area contributed by atoms with Crippen molar-refractivity contribution in [3.8, 4) is 12.1 Å². The molecule has 0 bridgehead atoms. The van der Waals surface area contributed by atoms with Crippen LogP contribution >= 0.6 is 0 Å². The van der Waals surface area contributed by atoms with Crippen LogP contribution in [0.4, 0.5) is 0 Å². The maximum absolute atomic E-state index is 8.77. The largest absolute Gasteiger partial charge is 0.327 e. The average Bonchev–Trinajstić information content (AvgIpc) is 2.98. The number of hydrogen-bond acceptors (Lipinski definition) is 3. The highest BCUT2D eigenvalue weighted by atomic mass is 15.0. The molecule has 0 aliphatic carbocycles. The number of benzene rings is 1. The summed E-state index contributed by atoms with van der Waals surface area (Å²) >= 11 is 0. The fourth-order valence-corrected chi connectivity index (χ4v) is 2.53. The molecule has 2 heterocycles. The van der Waals surface area contributed by atoms with Crippen LogP contribution in [0.15, 0.2) is 72.6 Å². The molecule has 3 rings (SSSR count). The van der Waals surface area contributed by atoms with E-state index in [-0.39, 0.29) is 5.57 Å². The van der Waals surface area contributed by atoms with Gasteiger partial charge in [0.25, 0.3) is 0 Å². The predicted molar refractivity (Wildman–Crippen MR) is 93.6 cm³/mol. The van der Waals surface area contributed by atoms with Crippen molar-refractivity contribution in [3.63, 3.8) is 0 Å². The summed E-state index contributed by atoms with van der Waals surface area (Å²) in [7, 11) is 0. The van der Waals surface area contributed by atoms with E-state index in [9.17, 15) is 0 Å². The van der Waals surface area contributed by atoms with Crippen molar-refractivity contribution in [1.29, 1.82) is 10.5 Å². The Labute approximate surface area is 140 Å². The number of aromatic nitrogens is 2. The van der Waals surface area contributed by atoms with E-state index in [1.807, 2.05) is 54.7 Å². The third kappa shape index (κ3) is 3.24. The van der Waals surface area contributed by atoms with Crippen LogP contribution in [0, 0.1) is 22.7 Å². The Balaban J connectivity index is 1.98. The topological polar surface area (TPSA) is 65.4 Å². The Morgan fingerprint density at radius 1 is 1.08 bits per heavy atom. The highest BCUT2D eigenvalue weighted by Gasteiger charge is 2.07. The molecule has 24 heavy (non-hydrogen) atoms. The van der Waals surface area contributed by atoms with E-state index in [0.717, 1.165) is 23.1 Å². The molecule has 4 heteroatoms. The quantitative estimate of drug-likeness (QED) is 0.539. The van der Waals surface area contributed by atoms with Crippen molar-refractivity contribution in [1.82, 2.24) is 9.55 Å². The van der Waals surface area contributed by atoms with Gasteiger partial charge in [-0.3, -0.25) is 0 Å². The zero-order valence-corrected chi connectivity index (χ0v) is 12.9. The Hall–Kier alpha value is -3.63. The van der Waals surface area contributed by atoms with Crippen molar-refractivity contribution in [2.45, 2.75) is 6.54 Å². The highest BCUT2D eigenvalue weighted by molar-refractivity contribution is 5.87. The lowest BCUT2D eigenvalue weighted by Crippen LogP contribution is -1.98. The molecular formula is C20H14N4. The first kappa shape index (κ1) is 15.3. The van der Waals surface area contributed by atoms with Gasteiger partial charge in [0.15, 0.2) is 0 Å². The van der Waals surface area contributed by atoms with E-state index < -0.39 is 0 Å². The van der Waals surface area contributed by atoms with Crippen molar-refractivity contribution in [3.05, 3.63) is 83.7 Å². The molecule has 3 aromatic rings. The smallest absolute Gasteiger partial charge is 0.140 e. The van der Waals surface area contributed by atoms with Crippen LogP contribution in [-0.2, 0) is 6.54 Å². The standard InChI is InChI=1S/C20H14N4/c21-12-17(13-22)8-4-9-18-15-24(14-16-6-2-1-3-7-16)20-19(18)10-5-11-23-20/h1-11,15H,14H2/b9-4+. The second kappa shape index (κ2) is 7.09. The summed E-state index contributed by atoms with van der Waals surface area (Å²) in [6.07, 6.45) is 8.93. The molecule has 2 aromatic heterocycles. The van der Waals surface area contributed by atoms with Gasteiger partial charge in [0, 0.05) is 29.9 Å². The molecule has 0 fully saturated rings. The first-order valence-corrected chi connectivity index (χ1v) is 7.48. The minimum atomic E-state index is 0.0809. The summed E-state index contributed by atoms with van der Waals surface area (Å²) in [5, 5.41) is 18.6. The zero-order chi connectivity index (χ0) is 16.8. The number of fused-ring (bicyclic) bond motifs is 1. The number of nitriles is 2. The maximum atomic E-state index is 8.77. The predicted octanol–water partition coefficient (Wildman–Crippen LogP) is 4.07. The van der Waals surface area contributed by atoms with Crippen LogP contribution in [0.2, 0.25) is 0 Å². The Bertz CT molecular complexity index is 980. The van der Waals surface area contributed by atoms with E-state index in [2.05, 4.69) is 21.7 Å². The fraction of sp³-hybridized carbons (Fsp3) is 0.0500. The van der Waals surface area contributed by atoms with E-state index >= 15 is 0 Å². The lowest BCUT2D eigenvalue weighted by atomic mass is 10.2. The molecule has 0 spiro atoms. The summed E-state index contributed by atoms with van der Waals surface area (Å²) in [5.41, 5.74) is 3.19. The van der Waals surface area contributed by atoms with Gasteiger partial charge in [-0.1, -0.05) is 42.5 Å². The minimum absolute atomic E-state index is 0.0809. The molecule has 0 aliphatic rings. The Kier molecular flexibility index (Phi) is 4.51. The lowest BCUT2D eigenvalue weighted by Gasteiger charge is -2.04. The summed E-state index contributed by atoms with van der Waals surface area (Å²) in [4.78, 5) is 4.48. The first-order chi connectivity index (χ1) is 11.8. The zero-order valence-electron chi connectivity index (χ0n) is 12.9. The molecule has 0 saturated heterocycles. The average molecular weight is 310 g/mol. The molecule has 0 amide bonds. The molecule has 0 saturated carbocycles. The van der Waals surface area contributed by atoms with Gasteiger partial charge < -0.3 is 4.57 Å². The van der Waals surface area contributed by atoms with Crippen LogP contribution in [-0.4, -0.2) is 9.55 Å². The molecular weight excluding hydrogens is 296 g/mol.